The molecule has 2 amide bonds. The van der Waals surface area contributed by atoms with Crippen molar-refractivity contribution in [2.24, 2.45) is 5.73 Å². The molecule has 12 heteroatoms. The van der Waals surface area contributed by atoms with Gasteiger partial charge in [0.2, 0.25) is 5.75 Å². The molecule has 4 rings (SSSR count). The molecule has 1 heterocycles. The Morgan fingerprint density at radius 1 is 0.925 bits per heavy atom. The molecule has 10 nitrogen and oxygen atoms in total. The van der Waals surface area contributed by atoms with Gasteiger partial charge in [0.25, 0.3) is 5.91 Å². The van der Waals surface area contributed by atoms with Crippen molar-refractivity contribution in [3.05, 3.63) is 71.9 Å². The van der Waals surface area contributed by atoms with Gasteiger partial charge in [-0.3, -0.25) is 15.1 Å². The summed E-state index contributed by atoms with van der Waals surface area (Å²) in [6.07, 6.45) is 0.435. The number of nitrogens with one attached hydrogen (secondary N) is 1. The third kappa shape index (κ3) is 5.37. The molecule has 3 N–H and O–H groups in total. The molecular formula is C28H27F2N5O5. The number of nitrogens with zero attached hydrogens (tertiary/aromatic N) is 3. The fourth-order valence-corrected chi connectivity index (χ4v) is 4.12. The van der Waals surface area contributed by atoms with Crippen molar-refractivity contribution in [1.29, 1.82) is 0 Å². The molecule has 1 aromatic heterocycles. The zero-order chi connectivity index (χ0) is 29.1. The first-order valence-electron chi connectivity index (χ1n) is 11.9. The van der Waals surface area contributed by atoms with E-state index >= 15 is 8.78 Å². The van der Waals surface area contributed by atoms with E-state index in [1.54, 1.807) is 30.3 Å². The number of methoxy groups -OCH3 is 1. The summed E-state index contributed by atoms with van der Waals surface area (Å²) in [4.78, 5) is 31.7. The van der Waals surface area contributed by atoms with Crippen LogP contribution < -0.4 is 35.1 Å². The first-order chi connectivity index (χ1) is 19.0. The van der Waals surface area contributed by atoms with Gasteiger partial charge in [-0.1, -0.05) is 18.2 Å². The van der Waals surface area contributed by atoms with Crippen molar-refractivity contribution in [2.75, 3.05) is 50.4 Å². The monoisotopic (exact) mass is 551 g/mol. The van der Waals surface area contributed by atoms with Crippen molar-refractivity contribution < 1.29 is 32.6 Å². The van der Waals surface area contributed by atoms with Crippen LogP contribution in [0.25, 0.3) is 10.9 Å². The number of ether oxygens (including phenoxy) is 3. The van der Waals surface area contributed by atoms with Crippen molar-refractivity contribution in [1.82, 2.24) is 4.98 Å². The standard InChI is InChI=1S/C28H27F2N5O5/c1-34(2)24-21(29)26(40-19-11-12-32-18-14-20(38-5)17(27(31)36)13-16(18)19)22(30)25(35(3)4)23(24)33-28(37)39-15-9-7-6-8-10-15/h6-14H,1-5H3,(H2,31,36)(H,33,37). The second-order valence-corrected chi connectivity index (χ2v) is 8.99. The van der Waals surface area contributed by atoms with Gasteiger partial charge in [0.1, 0.15) is 28.6 Å². The minimum absolute atomic E-state index is 0.00608. The second-order valence-electron chi connectivity index (χ2n) is 8.99. The van der Waals surface area contributed by atoms with Crippen molar-refractivity contribution in [3.8, 4) is 23.0 Å². The average Bonchev–Trinajstić information content (AvgIpc) is 2.90. The number of amides is 2. The van der Waals surface area contributed by atoms with E-state index < -0.39 is 29.4 Å². The predicted octanol–water partition coefficient (Wildman–Crippen LogP) is 5.16. The first-order valence-corrected chi connectivity index (χ1v) is 11.9. The molecule has 0 bridgehead atoms. The van der Waals surface area contributed by atoms with Crippen LogP contribution in [0.2, 0.25) is 0 Å². The highest BCUT2D eigenvalue weighted by Crippen LogP contribution is 2.47. The molecule has 208 valence electrons. The number of nitrogens with two attached hydrogens (primary N) is 1. The molecule has 3 aromatic carbocycles. The van der Waals surface area contributed by atoms with Gasteiger partial charge in [-0.25, -0.2) is 13.6 Å². The summed E-state index contributed by atoms with van der Waals surface area (Å²) >= 11 is 0. The Morgan fingerprint density at radius 3 is 2.10 bits per heavy atom. The SMILES string of the molecule is COc1cc2nccc(Oc3c(F)c(N(C)C)c(NC(=O)Oc4ccccc4)c(N(C)C)c3F)c2cc1C(N)=O. The highest BCUT2D eigenvalue weighted by Gasteiger charge is 2.30. The Balaban J connectivity index is 1.85. The Morgan fingerprint density at radius 2 is 1.55 bits per heavy atom. The van der Waals surface area contributed by atoms with E-state index in [-0.39, 0.29) is 45.3 Å². The number of rotatable bonds is 8. The average molecular weight is 552 g/mol. The van der Waals surface area contributed by atoms with Crippen molar-refractivity contribution in [3.63, 3.8) is 0 Å². The quantitative estimate of drug-likeness (QED) is 0.308. The predicted molar refractivity (Wildman–Crippen MR) is 148 cm³/mol. The van der Waals surface area contributed by atoms with Crippen LogP contribution in [-0.2, 0) is 0 Å². The number of carbonyl (C=O) groups is 2. The normalized spacial score (nSPS) is 10.7. The fourth-order valence-electron chi connectivity index (χ4n) is 4.12. The van der Waals surface area contributed by atoms with E-state index in [2.05, 4.69) is 10.3 Å². The lowest BCUT2D eigenvalue weighted by atomic mass is 10.1. The lowest BCUT2D eigenvalue weighted by molar-refractivity contribution is 0.0997. The minimum Gasteiger partial charge on any atom is -0.496 e. The summed E-state index contributed by atoms with van der Waals surface area (Å²) in [5.74, 6) is -3.24. The van der Waals surface area contributed by atoms with E-state index in [0.717, 1.165) is 0 Å². The fraction of sp³-hybridized carbons (Fsp3) is 0.179. The molecule has 0 saturated heterocycles. The molecule has 0 atom stereocenters. The Kier molecular flexibility index (Phi) is 7.89. The molecule has 0 aliphatic heterocycles. The van der Waals surface area contributed by atoms with Gasteiger partial charge in [-0.05, 0) is 24.3 Å². The zero-order valence-corrected chi connectivity index (χ0v) is 22.4. The van der Waals surface area contributed by atoms with Gasteiger partial charge < -0.3 is 29.7 Å². The topological polar surface area (TPSA) is 119 Å². The van der Waals surface area contributed by atoms with Crippen LogP contribution in [0.5, 0.6) is 23.0 Å². The lowest BCUT2D eigenvalue weighted by Crippen LogP contribution is -2.24. The lowest BCUT2D eigenvalue weighted by Gasteiger charge is -2.27. The van der Waals surface area contributed by atoms with Crippen LogP contribution in [-0.4, -0.2) is 52.3 Å². The van der Waals surface area contributed by atoms with Crippen LogP contribution in [0.4, 0.5) is 30.6 Å². The smallest absolute Gasteiger partial charge is 0.417 e. The summed E-state index contributed by atoms with van der Waals surface area (Å²) in [7, 11) is 7.48. The molecular weight excluding hydrogens is 524 g/mol. The zero-order valence-electron chi connectivity index (χ0n) is 22.4. The van der Waals surface area contributed by atoms with Crippen LogP contribution in [0.1, 0.15) is 10.4 Å². The molecule has 0 aliphatic rings. The van der Waals surface area contributed by atoms with E-state index in [9.17, 15) is 9.59 Å². The molecule has 4 aromatic rings. The maximum Gasteiger partial charge on any atom is 0.417 e. The molecule has 0 fully saturated rings. The van der Waals surface area contributed by atoms with Gasteiger partial charge in [-0.2, -0.15) is 0 Å². The highest BCUT2D eigenvalue weighted by molar-refractivity contribution is 6.01. The molecule has 0 spiro atoms. The summed E-state index contributed by atoms with van der Waals surface area (Å²) in [5.41, 5.74) is 5.36. The number of anilines is 3. The maximum absolute atomic E-state index is 16.1. The number of primary amides is 1. The van der Waals surface area contributed by atoms with Gasteiger partial charge in [0.15, 0.2) is 11.6 Å². The van der Waals surface area contributed by atoms with E-state index in [1.165, 1.54) is 69.5 Å². The van der Waals surface area contributed by atoms with Crippen molar-refractivity contribution in [2.45, 2.75) is 0 Å². The highest BCUT2D eigenvalue weighted by atomic mass is 19.1. The van der Waals surface area contributed by atoms with Crippen LogP contribution in [0, 0.1) is 11.6 Å². The van der Waals surface area contributed by atoms with Gasteiger partial charge in [0.05, 0.1) is 23.9 Å². The summed E-state index contributed by atoms with van der Waals surface area (Å²) < 4.78 is 48.4. The van der Waals surface area contributed by atoms with E-state index in [1.807, 2.05) is 0 Å². The van der Waals surface area contributed by atoms with Crippen LogP contribution >= 0.6 is 0 Å². The molecule has 0 saturated carbocycles. The number of benzene rings is 3. The van der Waals surface area contributed by atoms with Crippen LogP contribution in [0.3, 0.4) is 0 Å². The summed E-state index contributed by atoms with van der Waals surface area (Å²) in [6, 6.07) is 12.5. The number of carbonyl (C=O) groups excluding carboxylic acids is 2. The van der Waals surface area contributed by atoms with E-state index in [4.69, 9.17) is 19.9 Å². The summed E-state index contributed by atoms with van der Waals surface area (Å²) in [6.45, 7) is 0. The maximum atomic E-state index is 16.1. The minimum atomic E-state index is -1.09. The van der Waals surface area contributed by atoms with Gasteiger partial charge in [0, 0.05) is 45.8 Å². The van der Waals surface area contributed by atoms with E-state index in [0.29, 0.717) is 5.52 Å². The molecule has 0 radical (unpaired) electrons. The number of halogens is 2. The number of para-hydroxylation sites is 1. The Labute approximate surface area is 228 Å². The number of fused-ring (bicyclic) bond motifs is 1. The number of hydrogen-bond acceptors (Lipinski definition) is 8. The Bertz CT molecular complexity index is 1560. The molecule has 0 aliphatic carbocycles. The van der Waals surface area contributed by atoms with Gasteiger partial charge in [-0.15, -0.1) is 0 Å². The number of aromatic nitrogens is 1. The largest absolute Gasteiger partial charge is 0.496 e. The Hall–Kier alpha value is -5.13. The summed E-state index contributed by atoms with van der Waals surface area (Å²) in [5, 5.41) is 2.74. The first kappa shape index (κ1) is 27.9. The number of hydrogen-bond donors (Lipinski definition) is 2. The third-order valence-corrected chi connectivity index (χ3v) is 5.86. The van der Waals surface area contributed by atoms with Crippen molar-refractivity contribution >= 4 is 40.0 Å². The molecule has 40 heavy (non-hydrogen) atoms. The van der Waals surface area contributed by atoms with Gasteiger partial charge >= 0.3 is 6.09 Å². The second kappa shape index (κ2) is 11.3. The number of pyridine rings is 1. The third-order valence-electron chi connectivity index (χ3n) is 5.86. The van der Waals surface area contributed by atoms with Crippen LogP contribution in [0.15, 0.2) is 54.7 Å². The molecule has 0 unspecified atom stereocenters.